The first-order valence-electron chi connectivity index (χ1n) is 4.26. The van der Waals surface area contributed by atoms with Gasteiger partial charge < -0.3 is 5.11 Å². The van der Waals surface area contributed by atoms with Crippen LogP contribution < -0.4 is 0 Å². The van der Waals surface area contributed by atoms with Crippen molar-refractivity contribution in [1.82, 2.24) is 0 Å². The average molecular weight is 168 g/mol. The number of ketones is 1. The standard InChI is InChI=1S/C10H16O2/c1-6-7(2)10(3,4)8(5-11)9(6)12/h8,11H,5H2,1-4H3. The normalized spacial score (nSPS) is 28.4. The molecule has 0 aromatic rings. The first kappa shape index (κ1) is 9.46. The molecule has 0 aromatic carbocycles. The fraction of sp³-hybridized carbons (Fsp3) is 0.700. The molecule has 0 aromatic heterocycles. The van der Waals surface area contributed by atoms with Crippen LogP contribution in [0.15, 0.2) is 11.1 Å². The summed E-state index contributed by atoms with van der Waals surface area (Å²) in [6.45, 7) is 7.80. The fourth-order valence-electron chi connectivity index (χ4n) is 1.83. The summed E-state index contributed by atoms with van der Waals surface area (Å²) in [6, 6.07) is 0. The SMILES string of the molecule is CC1=C(C)C(C)(C)C(CO)C1=O. The second kappa shape index (κ2) is 2.70. The molecule has 1 N–H and O–H groups in total. The second-order valence-corrected chi connectivity index (χ2v) is 4.07. The minimum absolute atomic E-state index is 0.0412. The molecule has 0 spiro atoms. The summed E-state index contributed by atoms with van der Waals surface area (Å²) in [7, 11) is 0. The van der Waals surface area contributed by atoms with Gasteiger partial charge in [-0.25, -0.2) is 0 Å². The molecule has 0 bridgehead atoms. The molecule has 1 aliphatic rings. The molecular formula is C10H16O2. The number of carbonyl (C=O) groups excluding carboxylic acids is 1. The molecule has 1 aliphatic carbocycles. The van der Waals surface area contributed by atoms with Gasteiger partial charge in [0.05, 0.1) is 12.5 Å². The predicted molar refractivity (Wildman–Crippen MR) is 47.7 cm³/mol. The minimum Gasteiger partial charge on any atom is -0.396 e. The minimum atomic E-state index is -0.225. The highest BCUT2D eigenvalue weighted by Crippen LogP contribution is 2.43. The van der Waals surface area contributed by atoms with E-state index in [1.54, 1.807) is 0 Å². The maximum Gasteiger partial charge on any atom is 0.164 e. The highest BCUT2D eigenvalue weighted by Gasteiger charge is 2.43. The van der Waals surface area contributed by atoms with Crippen molar-refractivity contribution < 1.29 is 9.90 Å². The third kappa shape index (κ3) is 1.02. The number of aliphatic hydroxyl groups excluding tert-OH is 1. The maximum absolute atomic E-state index is 11.5. The Morgan fingerprint density at radius 2 is 1.92 bits per heavy atom. The van der Waals surface area contributed by atoms with Crippen molar-refractivity contribution in [2.75, 3.05) is 6.61 Å². The number of hydrogen-bond donors (Lipinski definition) is 1. The molecule has 0 amide bonds. The van der Waals surface area contributed by atoms with Gasteiger partial charge in [-0.05, 0) is 24.8 Å². The van der Waals surface area contributed by atoms with Crippen LogP contribution >= 0.6 is 0 Å². The van der Waals surface area contributed by atoms with Crippen molar-refractivity contribution in [2.24, 2.45) is 11.3 Å². The van der Waals surface area contributed by atoms with Gasteiger partial charge in [0.15, 0.2) is 5.78 Å². The van der Waals surface area contributed by atoms with Crippen LogP contribution in [0.3, 0.4) is 0 Å². The smallest absolute Gasteiger partial charge is 0.164 e. The number of Topliss-reactive ketones (excluding diaryl/α,β-unsaturated/α-hetero) is 1. The highest BCUT2D eigenvalue weighted by molar-refractivity contribution is 6.01. The van der Waals surface area contributed by atoms with Gasteiger partial charge in [0.2, 0.25) is 0 Å². The summed E-state index contributed by atoms with van der Waals surface area (Å²) in [6.07, 6.45) is 0. The Bertz CT molecular complexity index is 249. The van der Waals surface area contributed by atoms with E-state index in [-0.39, 0.29) is 23.7 Å². The van der Waals surface area contributed by atoms with Crippen molar-refractivity contribution >= 4 is 5.78 Å². The summed E-state index contributed by atoms with van der Waals surface area (Å²) in [4.78, 5) is 11.5. The van der Waals surface area contributed by atoms with Gasteiger partial charge in [-0.2, -0.15) is 0 Å². The zero-order valence-corrected chi connectivity index (χ0v) is 8.14. The van der Waals surface area contributed by atoms with E-state index in [2.05, 4.69) is 0 Å². The monoisotopic (exact) mass is 168 g/mol. The molecule has 2 heteroatoms. The van der Waals surface area contributed by atoms with E-state index in [0.29, 0.717) is 0 Å². The van der Waals surface area contributed by atoms with Gasteiger partial charge in [-0.1, -0.05) is 19.4 Å². The largest absolute Gasteiger partial charge is 0.396 e. The highest BCUT2D eigenvalue weighted by atomic mass is 16.3. The van der Waals surface area contributed by atoms with Gasteiger partial charge in [-0.3, -0.25) is 4.79 Å². The Morgan fingerprint density at radius 1 is 1.42 bits per heavy atom. The zero-order valence-electron chi connectivity index (χ0n) is 8.14. The molecule has 1 atom stereocenters. The summed E-state index contributed by atoms with van der Waals surface area (Å²) in [5, 5.41) is 9.06. The van der Waals surface area contributed by atoms with Crippen LogP contribution in [0, 0.1) is 11.3 Å². The molecule has 0 aliphatic heterocycles. The maximum atomic E-state index is 11.5. The van der Waals surface area contributed by atoms with E-state index in [1.165, 1.54) is 0 Å². The van der Waals surface area contributed by atoms with Gasteiger partial charge in [0.25, 0.3) is 0 Å². The van der Waals surface area contributed by atoms with Gasteiger partial charge in [0, 0.05) is 0 Å². The molecule has 12 heavy (non-hydrogen) atoms. The topological polar surface area (TPSA) is 37.3 Å². The Kier molecular flexibility index (Phi) is 2.13. The van der Waals surface area contributed by atoms with Crippen LogP contribution in [-0.4, -0.2) is 17.5 Å². The lowest BCUT2D eigenvalue weighted by atomic mass is 9.78. The summed E-state index contributed by atoms with van der Waals surface area (Å²) >= 11 is 0. The van der Waals surface area contributed by atoms with Crippen LogP contribution in [0.2, 0.25) is 0 Å². The second-order valence-electron chi connectivity index (χ2n) is 4.07. The number of rotatable bonds is 1. The van der Waals surface area contributed by atoms with Crippen LogP contribution in [0.1, 0.15) is 27.7 Å². The van der Waals surface area contributed by atoms with Gasteiger partial charge >= 0.3 is 0 Å². The van der Waals surface area contributed by atoms with Crippen molar-refractivity contribution in [1.29, 1.82) is 0 Å². The van der Waals surface area contributed by atoms with E-state index in [9.17, 15) is 4.79 Å². The van der Waals surface area contributed by atoms with Crippen molar-refractivity contribution in [3.8, 4) is 0 Å². The molecule has 0 fully saturated rings. The summed E-state index contributed by atoms with van der Waals surface area (Å²) < 4.78 is 0. The molecule has 2 nitrogen and oxygen atoms in total. The first-order chi connectivity index (χ1) is 5.42. The Balaban J connectivity index is 3.11. The van der Waals surface area contributed by atoms with Crippen LogP contribution in [0.4, 0.5) is 0 Å². The Labute approximate surface area is 73.3 Å². The molecular weight excluding hydrogens is 152 g/mol. The first-order valence-corrected chi connectivity index (χ1v) is 4.26. The lowest BCUT2D eigenvalue weighted by Gasteiger charge is -2.26. The van der Waals surface area contributed by atoms with E-state index in [4.69, 9.17) is 5.11 Å². The number of hydrogen-bond acceptors (Lipinski definition) is 2. The zero-order chi connectivity index (χ0) is 9.52. The number of allylic oxidation sites excluding steroid dienone is 2. The van der Waals surface area contributed by atoms with E-state index < -0.39 is 0 Å². The third-order valence-electron chi connectivity index (χ3n) is 3.27. The van der Waals surface area contributed by atoms with Crippen LogP contribution in [0.5, 0.6) is 0 Å². The Hall–Kier alpha value is -0.630. The molecule has 68 valence electrons. The van der Waals surface area contributed by atoms with Crippen molar-refractivity contribution in [2.45, 2.75) is 27.7 Å². The van der Waals surface area contributed by atoms with Crippen LogP contribution in [0.25, 0.3) is 0 Å². The summed E-state index contributed by atoms with van der Waals surface area (Å²) in [5.41, 5.74) is 1.79. The van der Waals surface area contributed by atoms with Crippen molar-refractivity contribution in [3.63, 3.8) is 0 Å². The number of carbonyl (C=O) groups is 1. The lowest BCUT2D eigenvalue weighted by molar-refractivity contribution is -0.121. The molecule has 1 unspecified atom stereocenters. The van der Waals surface area contributed by atoms with Gasteiger partial charge in [-0.15, -0.1) is 0 Å². The van der Waals surface area contributed by atoms with E-state index in [1.807, 2.05) is 27.7 Å². The fourth-order valence-corrected chi connectivity index (χ4v) is 1.83. The molecule has 0 radical (unpaired) electrons. The quantitative estimate of drug-likeness (QED) is 0.645. The third-order valence-corrected chi connectivity index (χ3v) is 3.27. The number of aliphatic hydroxyl groups is 1. The van der Waals surface area contributed by atoms with Crippen molar-refractivity contribution in [3.05, 3.63) is 11.1 Å². The average Bonchev–Trinajstić information content (AvgIpc) is 2.13. The predicted octanol–water partition coefficient (Wildman–Crippen LogP) is 1.54. The molecule has 1 rings (SSSR count). The Morgan fingerprint density at radius 3 is 2.08 bits per heavy atom. The lowest BCUT2D eigenvalue weighted by Crippen LogP contribution is -2.28. The molecule has 0 saturated carbocycles. The molecule has 0 saturated heterocycles. The van der Waals surface area contributed by atoms with Crippen LogP contribution in [-0.2, 0) is 4.79 Å². The van der Waals surface area contributed by atoms with E-state index in [0.717, 1.165) is 11.1 Å². The summed E-state index contributed by atoms with van der Waals surface area (Å²) in [5.74, 6) is -0.113. The molecule has 0 heterocycles. The van der Waals surface area contributed by atoms with Gasteiger partial charge in [0.1, 0.15) is 0 Å². The van der Waals surface area contributed by atoms with E-state index >= 15 is 0 Å².